The first-order valence-corrected chi connectivity index (χ1v) is 11.3. The molecule has 0 radical (unpaired) electrons. The average molecular weight is 421 g/mol. The van der Waals surface area contributed by atoms with Gasteiger partial charge in [0.25, 0.3) is 0 Å². The Labute approximate surface area is 183 Å². The number of carbonyl (C=O) groups excluding carboxylic acids is 1. The summed E-state index contributed by atoms with van der Waals surface area (Å²) >= 11 is 0. The zero-order valence-corrected chi connectivity index (χ0v) is 18.1. The molecule has 3 unspecified atom stereocenters. The first kappa shape index (κ1) is 21.5. The largest absolute Gasteiger partial charge is 0.411 e. The van der Waals surface area contributed by atoms with E-state index in [0.29, 0.717) is 30.1 Å². The van der Waals surface area contributed by atoms with Crippen molar-refractivity contribution in [1.82, 2.24) is 5.32 Å². The summed E-state index contributed by atoms with van der Waals surface area (Å²) in [6.07, 6.45) is 10.1. The summed E-state index contributed by atoms with van der Waals surface area (Å²) in [5.41, 5.74) is 3.79. The van der Waals surface area contributed by atoms with Gasteiger partial charge in [-0.2, -0.15) is 0 Å². The van der Waals surface area contributed by atoms with Crippen molar-refractivity contribution in [1.29, 1.82) is 10.8 Å². The molecule has 6 heteroatoms. The number of carbonyl (C=O) groups is 1. The number of aryl methyl sites for hydroxylation is 1. The number of amidine groups is 1. The molecule has 164 valence electrons. The molecule has 0 spiro atoms. The van der Waals surface area contributed by atoms with Crippen LogP contribution in [0.25, 0.3) is 0 Å². The van der Waals surface area contributed by atoms with Crippen molar-refractivity contribution >= 4 is 23.7 Å². The van der Waals surface area contributed by atoms with E-state index in [2.05, 4.69) is 41.7 Å². The Hall–Kier alpha value is -2.76. The van der Waals surface area contributed by atoms with Crippen LogP contribution in [-0.2, 0) is 11.2 Å². The minimum absolute atomic E-state index is 0.00369. The third-order valence-electron chi connectivity index (χ3n) is 8.01. The van der Waals surface area contributed by atoms with Crippen molar-refractivity contribution in [3.05, 3.63) is 47.5 Å². The summed E-state index contributed by atoms with van der Waals surface area (Å²) < 4.78 is 0. The van der Waals surface area contributed by atoms with Crippen LogP contribution in [0.1, 0.15) is 62.5 Å². The molecule has 0 aromatic heterocycles. The van der Waals surface area contributed by atoms with E-state index in [1.54, 1.807) is 0 Å². The Morgan fingerprint density at radius 1 is 1.35 bits per heavy atom. The Bertz CT molecular complexity index is 937. The molecule has 6 nitrogen and oxygen atoms in total. The number of allylic oxidation sites excluding steroid dienone is 1. The molecule has 4 rings (SSSR count). The lowest BCUT2D eigenvalue weighted by molar-refractivity contribution is -0.120. The van der Waals surface area contributed by atoms with Crippen LogP contribution >= 0.6 is 0 Å². The second-order valence-corrected chi connectivity index (χ2v) is 9.53. The predicted octanol–water partition coefficient (Wildman–Crippen LogP) is 4.68. The Morgan fingerprint density at radius 3 is 2.94 bits per heavy atom. The fourth-order valence-electron chi connectivity index (χ4n) is 6.74. The highest BCUT2D eigenvalue weighted by Gasteiger charge is 2.57. The van der Waals surface area contributed by atoms with Crippen LogP contribution in [-0.4, -0.2) is 28.9 Å². The second kappa shape index (κ2) is 8.77. The molecule has 2 saturated carbocycles. The molecule has 1 amide bonds. The van der Waals surface area contributed by atoms with E-state index >= 15 is 0 Å². The summed E-state index contributed by atoms with van der Waals surface area (Å²) in [5, 5.41) is 30.8. The number of fused-ring (bicyclic) bond motifs is 5. The van der Waals surface area contributed by atoms with Gasteiger partial charge in [0, 0.05) is 18.1 Å². The third-order valence-corrected chi connectivity index (χ3v) is 8.01. The van der Waals surface area contributed by atoms with E-state index in [-0.39, 0.29) is 17.2 Å². The second-order valence-electron chi connectivity index (χ2n) is 9.53. The molecule has 31 heavy (non-hydrogen) atoms. The van der Waals surface area contributed by atoms with Crippen molar-refractivity contribution in [2.45, 2.75) is 57.8 Å². The molecule has 3 aliphatic rings. The normalized spacial score (nSPS) is 32.9. The lowest BCUT2D eigenvalue weighted by atomic mass is 9.54. The van der Waals surface area contributed by atoms with Crippen LogP contribution < -0.4 is 5.32 Å². The highest BCUT2D eigenvalue weighted by molar-refractivity contribution is 6.03. The molecule has 5 atom stereocenters. The molecular formula is C25H32N4O2. The van der Waals surface area contributed by atoms with Crippen LogP contribution in [0.4, 0.5) is 0 Å². The maximum absolute atomic E-state index is 12.4. The third kappa shape index (κ3) is 3.95. The van der Waals surface area contributed by atoms with Gasteiger partial charge in [-0.15, -0.1) is 0 Å². The van der Waals surface area contributed by atoms with Crippen LogP contribution in [0.5, 0.6) is 0 Å². The maximum atomic E-state index is 12.4. The number of rotatable bonds is 5. The number of oxime groups is 1. The van der Waals surface area contributed by atoms with Gasteiger partial charge in [0.1, 0.15) is 5.84 Å². The van der Waals surface area contributed by atoms with Gasteiger partial charge in [0.05, 0.1) is 5.71 Å². The minimum atomic E-state index is -0.169. The maximum Gasteiger partial charge on any atom is 0.225 e. The highest BCUT2D eigenvalue weighted by atomic mass is 16.4. The van der Waals surface area contributed by atoms with Crippen LogP contribution in [0, 0.1) is 34.0 Å². The van der Waals surface area contributed by atoms with Crippen molar-refractivity contribution in [2.24, 2.45) is 28.3 Å². The number of nitrogens with zero attached hydrogens (tertiary/aromatic N) is 1. The SMILES string of the molecule is C[C@]12CCC3c4ccccc4CCC3C1[C@H](CCC(=O)NC(=N)/C=C\C=N)C/C2=N\O. The smallest absolute Gasteiger partial charge is 0.225 e. The lowest BCUT2D eigenvalue weighted by Crippen LogP contribution is -2.44. The predicted molar refractivity (Wildman–Crippen MR) is 122 cm³/mol. The molecule has 0 saturated heterocycles. The number of nitrogens with one attached hydrogen (secondary N) is 3. The summed E-state index contributed by atoms with van der Waals surface area (Å²) in [6.45, 7) is 2.27. The van der Waals surface area contributed by atoms with Crippen molar-refractivity contribution in [3.8, 4) is 0 Å². The zero-order chi connectivity index (χ0) is 22.0. The summed E-state index contributed by atoms with van der Waals surface area (Å²) in [4.78, 5) is 12.4. The minimum Gasteiger partial charge on any atom is -0.411 e. The van der Waals surface area contributed by atoms with E-state index in [1.165, 1.54) is 23.3 Å². The van der Waals surface area contributed by atoms with Gasteiger partial charge in [0.2, 0.25) is 5.91 Å². The van der Waals surface area contributed by atoms with Gasteiger partial charge in [0.15, 0.2) is 0 Å². The van der Waals surface area contributed by atoms with Crippen molar-refractivity contribution in [3.63, 3.8) is 0 Å². The average Bonchev–Trinajstić information content (AvgIpc) is 3.07. The highest BCUT2D eigenvalue weighted by Crippen LogP contribution is 2.62. The topological polar surface area (TPSA) is 109 Å². The molecule has 1 aromatic rings. The molecule has 0 bridgehead atoms. The van der Waals surface area contributed by atoms with Gasteiger partial charge in [-0.3, -0.25) is 10.2 Å². The molecule has 0 heterocycles. The zero-order valence-electron chi connectivity index (χ0n) is 18.1. The van der Waals surface area contributed by atoms with Gasteiger partial charge in [-0.25, -0.2) is 0 Å². The van der Waals surface area contributed by atoms with Crippen LogP contribution in [0.3, 0.4) is 0 Å². The van der Waals surface area contributed by atoms with Gasteiger partial charge >= 0.3 is 0 Å². The van der Waals surface area contributed by atoms with Crippen molar-refractivity contribution < 1.29 is 10.0 Å². The Kier molecular flexibility index (Phi) is 6.08. The fraction of sp³-hybridized carbons (Fsp3) is 0.520. The van der Waals surface area contributed by atoms with Gasteiger partial charge in [-0.05, 0) is 85.5 Å². The molecule has 4 N–H and O–H groups in total. The molecule has 2 fully saturated rings. The Morgan fingerprint density at radius 2 is 2.16 bits per heavy atom. The lowest BCUT2D eigenvalue weighted by Gasteiger charge is -2.50. The van der Waals surface area contributed by atoms with Gasteiger partial charge in [-0.1, -0.05) is 36.3 Å². The quantitative estimate of drug-likeness (QED) is 0.240. The fourth-order valence-corrected chi connectivity index (χ4v) is 6.74. The number of hydrogen-bond acceptors (Lipinski definition) is 5. The van der Waals surface area contributed by atoms with Gasteiger partial charge < -0.3 is 15.9 Å². The molecular weight excluding hydrogens is 388 g/mol. The number of amides is 1. The first-order valence-electron chi connectivity index (χ1n) is 11.3. The first-order chi connectivity index (χ1) is 15.0. The van der Waals surface area contributed by atoms with Crippen LogP contribution in [0.2, 0.25) is 0 Å². The number of benzene rings is 1. The van der Waals surface area contributed by atoms with E-state index < -0.39 is 0 Å². The van der Waals surface area contributed by atoms with Crippen LogP contribution in [0.15, 0.2) is 41.6 Å². The summed E-state index contributed by atoms with van der Waals surface area (Å²) in [6, 6.07) is 8.83. The van der Waals surface area contributed by atoms with E-state index in [1.807, 2.05) is 0 Å². The van der Waals surface area contributed by atoms with E-state index in [9.17, 15) is 10.0 Å². The monoisotopic (exact) mass is 420 g/mol. The molecule has 3 aliphatic carbocycles. The van der Waals surface area contributed by atoms with E-state index in [4.69, 9.17) is 10.8 Å². The summed E-state index contributed by atoms with van der Waals surface area (Å²) in [7, 11) is 0. The molecule has 1 aromatic carbocycles. The number of hydrogen-bond donors (Lipinski definition) is 4. The van der Waals surface area contributed by atoms with Crippen molar-refractivity contribution in [2.75, 3.05) is 0 Å². The standard InChI is InChI=1S/C25H32N4O2/c1-25-13-12-19-18-6-3-2-5-16(18)8-10-20(19)24(25)17(15-21(25)29-31)9-11-23(30)28-22(27)7-4-14-26/h2-7,14,17,19-20,24,26,31H,8-13,15H2,1H3,(H2,27,28,30)/b7-4-,26-14?,29-21+/t17-,19?,20?,24?,25-/m1/s1. The Balaban J connectivity index is 1.51. The molecule has 0 aliphatic heterocycles. The summed E-state index contributed by atoms with van der Waals surface area (Å²) in [5.74, 6) is 1.66. The van der Waals surface area contributed by atoms with E-state index in [0.717, 1.165) is 50.5 Å².